The van der Waals surface area contributed by atoms with E-state index in [0.29, 0.717) is 0 Å². The molecule has 0 saturated carbocycles. The van der Waals surface area contributed by atoms with E-state index in [2.05, 4.69) is 34.0 Å². The van der Waals surface area contributed by atoms with E-state index in [4.69, 9.17) is 0 Å². The summed E-state index contributed by atoms with van der Waals surface area (Å²) in [5.74, 6) is 0. The summed E-state index contributed by atoms with van der Waals surface area (Å²) in [6.45, 7) is 2.02. The molecular weight excluding hydrogens is 343 g/mol. The zero-order valence-electron chi connectivity index (χ0n) is 9.68. The lowest BCUT2D eigenvalue weighted by Gasteiger charge is -2.09. The largest absolute Gasteiger partial charge is 0.355 e. The number of nitro groups is 1. The first-order valence-corrected chi connectivity index (χ1v) is 6.42. The molecule has 2 rings (SSSR count). The van der Waals surface area contributed by atoms with Gasteiger partial charge in [-0.1, -0.05) is 0 Å². The molecule has 0 radical (unpaired) electrons. The second kappa shape index (κ2) is 5.34. The number of nitrogens with zero attached hydrogens (tertiary/aromatic N) is 1. The van der Waals surface area contributed by atoms with Gasteiger partial charge in [-0.25, -0.2) is 0 Å². The van der Waals surface area contributed by atoms with E-state index in [-0.39, 0.29) is 5.69 Å². The molecule has 18 heavy (non-hydrogen) atoms. The molecule has 0 atom stereocenters. The molecule has 0 unspecified atom stereocenters. The summed E-state index contributed by atoms with van der Waals surface area (Å²) in [7, 11) is 0. The van der Waals surface area contributed by atoms with Gasteiger partial charge >= 0.3 is 0 Å². The Morgan fingerprint density at radius 2 is 1.83 bits per heavy atom. The van der Waals surface area contributed by atoms with Crippen molar-refractivity contribution in [1.29, 1.82) is 0 Å². The Balaban J connectivity index is 2.21. The van der Waals surface area contributed by atoms with Crippen LogP contribution in [-0.4, -0.2) is 4.92 Å². The number of halogens is 1. The second-order valence-electron chi connectivity index (χ2n) is 3.89. The molecule has 4 nitrogen and oxygen atoms in total. The van der Waals surface area contributed by atoms with E-state index in [1.807, 2.05) is 19.1 Å². The van der Waals surface area contributed by atoms with Gasteiger partial charge in [-0.05, 0) is 65.4 Å². The van der Waals surface area contributed by atoms with Crippen molar-refractivity contribution in [2.45, 2.75) is 6.92 Å². The SMILES string of the molecule is Cc1cc(I)ccc1Nc1ccc([N+](=O)[O-])cc1. The van der Waals surface area contributed by atoms with Crippen molar-refractivity contribution in [2.75, 3.05) is 5.32 Å². The molecule has 0 aliphatic heterocycles. The van der Waals surface area contributed by atoms with Crippen LogP contribution in [0.15, 0.2) is 42.5 Å². The van der Waals surface area contributed by atoms with Crippen molar-refractivity contribution < 1.29 is 4.92 Å². The first kappa shape index (κ1) is 12.8. The zero-order valence-corrected chi connectivity index (χ0v) is 11.8. The van der Waals surface area contributed by atoms with Crippen LogP contribution in [0, 0.1) is 20.6 Å². The number of hydrogen-bond donors (Lipinski definition) is 1. The van der Waals surface area contributed by atoms with E-state index < -0.39 is 4.92 Å². The minimum Gasteiger partial charge on any atom is -0.355 e. The fraction of sp³-hybridized carbons (Fsp3) is 0.0769. The summed E-state index contributed by atoms with van der Waals surface area (Å²) in [5.41, 5.74) is 3.08. The van der Waals surface area contributed by atoms with Gasteiger partial charge in [0.25, 0.3) is 5.69 Å². The van der Waals surface area contributed by atoms with E-state index in [0.717, 1.165) is 16.9 Å². The molecule has 0 spiro atoms. The Bertz CT molecular complexity index is 582. The molecule has 92 valence electrons. The minimum atomic E-state index is -0.403. The van der Waals surface area contributed by atoms with E-state index in [1.54, 1.807) is 12.1 Å². The molecule has 1 N–H and O–H groups in total. The molecule has 0 bridgehead atoms. The number of nitro benzene ring substituents is 1. The fourth-order valence-corrected chi connectivity index (χ4v) is 2.24. The van der Waals surface area contributed by atoms with Crippen LogP contribution >= 0.6 is 22.6 Å². The molecular formula is C13H11IN2O2. The van der Waals surface area contributed by atoms with Crippen LogP contribution in [0.1, 0.15) is 5.56 Å². The molecule has 0 fully saturated rings. The summed E-state index contributed by atoms with van der Waals surface area (Å²) in [6.07, 6.45) is 0. The van der Waals surface area contributed by atoms with Crippen LogP contribution in [-0.2, 0) is 0 Å². The summed E-state index contributed by atoms with van der Waals surface area (Å²) in [6, 6.07) is 12.5. The number of rotatable bonds is 3. The molecule has 0 aromatic heterocycles. The molecule has 0 aliphatic rings. The number of nitrogens with one attached hydrogen (secondary N) is 1. The molecule has 0 aliphatic carbocycles. The van der Waals surface area contributed by atoms with Crippen molar-refractivity contribution in [2.24, 2.45) is 0 Å². The third-order valence-electron chi connectivity index (χ3n) is 2.55. The van der Waals surface area contributed by atoms with Gasteiger partial charge in [0, 0.05) is 27.1 Å². The Morgan fingerprint density at radius 3 is 2.39 bits per heavy atom. The first-order chi connectivity index (χ1) is 8.56. The highest BCUT2D eigenvalue weighted by atomic mass is 127. The Labute approximate surface area is 118 Å². The number of benzene rings is 2. The van der Waals surface area contributed by atoms with E-state index in [1.165, 1.54) is 15.7 Å². The van der Waals surface area contributed by atoms with Gasteiger partial charge in [0.2, 0.25) is 0 Å². The van der Waals surface area contributed by atoms with Crippen LogP contribution in [0.4, 0.5) is 17.1 Å². The van der Waals surface area contributed by atoms with Gasteiger partial charge in [0.15, 0.2) is 0 Å². The van der Waals surface area contributed by atoms with Crippen molar-refractivity contribution in [1.82, 2.24) is 0 Å². The number of non-ortho nitro benzene ring substituents is 1. The van der Waals surface area contributed by atoms with Crippen molar-refractivity contribution in [3.63, 3.8) is 0 Å². The highest BCUT2D eigenvalue weighted by Gasteiger charge is 2.04. The van der Waals surface area contributed by atoms with Crippen LogP contribution in [0.3, 0.4) is 0 Å². The van der Waals surface area contributed by atoms with Crippen LogP contribution < -0.4 is 5.32 Å². The van der Waals surface area contributed by atoms with E-state index >= 15 is 0 Å². The molecule has 0 saturated heterocycles. The van der Waals surface area contributed by atoms with Crippen molar-refractivity contribution in [3.8, 4) is 0 Å². The van der Waals surface area contributed by atoms with Crippen LogP contribution in [0.5, 0.6) is 0 Å². The Morgan fingerprint density at radius 1 is 1.17 bits per heavy atom. The highest BCUT2D eigenvalue weighted by molar-refractivity contribution is 14.1. The highest BCUT2D eigenvalue weighted by Crippen LogP contribution is 2.23. The zero-order chi connectivity index (χ0) is 13.1. The third-order valence-corrected chi connectivity index (χ3v) is 3.22. The fourth-order valence-electron chi connectivity index (χ4n) is 1.59. The minimum absolute atomic E-state index is 0.0971. The quantitative estimate of drug-likeness (QED) is 0.509. The summed E-state index contributed by atoms with van der Waals surface area (Å²) < 4.78 is 1.18. The maximum atomic E-state index is 10.5. The third kappa shape index (κ3) is 2.98. The van der Waals surface area contributed by atoms with Gasteiger partial charge in [0.1, 0.15) is 0 Å². The average Bonchev–Trinajstić information content (AvgIpc) is 2.33. The maximum absolute atomic E-state index is 10.5. The number of aryl methyl sites for hydroxylation is 1. The monoisotopic (exact) mass is 354 g/mol. The predicted octanol–water partition coefficient (Wildman–Crippen LogP) is 4.25. The van der Waals surface area contributed by atoms with Gasteiger partial charge < -0.3 is 5.32 Å². The first-order valence-electron chi connectivity index (χ1n) is 5.34. The Hall–Kier alpha value is -1.63. The average molecular weight is 354 g/mol. The predicted molar refractivity (Wildman–Crippen MR) is 80.3 cm³/mol. The maximum Gasteiger partial charge on any atom is 0.269 e. The molecule has 0 amide bonds. The van der Waals surface area contributed by atoms with E-state index in [9.17, 15) is 10.1 Å². The van der Waals surface area contributed by atoms with Gasteiger partial charge in [0.05, 0.1) is 4.92 Å². The van der Waals surface area contributed by atoms with Crippen LogP contribution in [0.25, 0.3) is 0 Å². The van der Waals surface area contributed by atoms with Gasteiger partial charge in [-0.2, -0.15) is 0 Å². The summed E-state index contributed by atoms with van der Waals surface area (Å²) in [4.78, 5) is 10.1. The van der Waals surface area contributed by atoms with Gasteiger partial charge in [-0.15, -0.1) is 0 Å². The summed E-state index contributed by atoms with van der Waals surface area (Å²) >= 11 is 2.26. The lowest BCUT2D eigenvalue weighted by atomic mass is 10.2. The van der Waals surface area contributed by atoms with Crippen LogP contribution in [0.2, 0.25) is 0 Å². The number of hydrogen-bond acceptors (Lipinski definition) is 3. The normalized spacial score (nSPS) is 10.1. The standard InChI is InChI=1S/C13H11IN2O2/c1-9-8-10(14)2-7-13(9)15-11-3-5-12(6-4-11)16(17)18/h2-8,15H,1H3. The summed E-state index contributed by atoms with van der Waals surface area (Å²) in [5, 5.41) is 13.8. The lowest BCUT2D eigenvalue weighted by molar-refractivity contribution is -0.384. The second-order valence-corrected chi connectivity index (χ2v) is 5.13. The Kier molecular flexibility index (Phi) is 3.81. The lowest BCUT2D eigenvalue weighted by Crippen LogP contribution is -1.94. The van der Waals surface area contributed by atoms with Gasteiger partial charge in [-0.3, -0.25) is 10.1 Å². The molecule has 5 heteroatoms. The molecule has 2 aromatic carbocycles. The smallest absolute Gasteiger partial charge is 0.269 e. The molecule has 2 aromatic rings. The van der Waals surface area contributed by atoms with Crippen molar-refractivity contribution >= 4 is 39.7 Å². The van der Waals surface area contributed by atoms with Crippen molar-refractivity contribution in [3.05, 3.63) is 61.7 Å². The topological polar surface area (TPSA) is 55.2 Å². The molecule has 0 heterocycles. The number of anilines is 2.